The normalized spacial score (nSPS) is 13.0. The molecule has 0 N–H and O–H groups in total. The van der Waals surface area contributed by atoms with E-state index in [0.717, 1.165) is 73.7 Å². The van der Waals surface area contributed by atoms with Crippen molar-refractivity contribution in [2.24, 2.45) is 12.0 Å². The number of fused-ring (bicyclic) bond motifs is 4. The number of para-hydroxylation sites is 3. The summed E-state index contributed by atoms with van der Waals surface area (Å²) >= 11 is 0. The summed E-state index contributed by atoms with van der Waals surface area (Å²) < 4.78 is 10.0. The summed E-state index contributed by atoms with van der Waals surface area (Å²) in [5, 5.41) is 2.38. The van der Waals surface area contributed by atoms with Crippen LogP contribution in [0.4, 0.5) is 0 Å². The number of oxazole rings is 1. The molecule has 0 bridgehead atoms. The standard InChI is InChI=1S/C38H26N6O/c1-43-34-11-5-3-8-32(34)42-37(43)25-13-15-28-27-7-2-4-10-33(27)44(35(28)22-25)36-21-24(12-16-29(36)31-9-6-18-39-31)30-17-14-26(23-41-30)38-40-19-20-45-38/h2-8,10-23H,9H2,1H3. The van der Waals surface area contributed by atoms with Gasteiger partial charge in [0.15, 0.2) is 0 Å². The van der Waals surface area contributed by atoms with E-state index in [1.54, 1.807) is 12.5 Å². The fourth-order valence-electron chi connectivity index (χ4n) is 6.49. The molecule has 9 rings (SSSR count). The van der Waals surface area contributed by atoms with Gasteiger partial charge >= 0.3 is 0 Å². The Labute approximate surface area is 258 Å². The highest BCUT2D eigenvalue weighted by molar-refractivity contribution is 6.12. The van der Waals surface area contributed by atoms with E-state index in [1.807, 2.05) is 30.6 Å². The van der Waals surface area contributed by atoms with Crippen molar-refractivity contribution in [3.8, 4) is 39.8 Å². The van der Waals surface area contributed by atoms with Crippen LogP contribution < -0.4 is 0 Å². The number of pyridine rings is 1. The first kappa shape index (κ1) is 25.4. The molecular formula is C38H26N6O. The number of allylic oxidation sites excluding steroid dienone is 1. The van der Waals surface area contributed by atoms with Gasteiger partial charge in [-0.25, -0.2) is 9.97 Å². The van der Waals surface area contributed by atoms with Gasteiger partial charge in [-0.2, -0.15) is 0 Å². The van der Waals surface area contributed by atoms with E-state index in [1.165, 1.54) is 10.8 Å². The van der Waals surface area contributed by atoms with Crippen molar-refractivity contribution >= 4 is 38.6 Å². The number of hydrogen-bond acceptors (Lipinski definition) is 5. The van der Waals surface area contributed by atoms with Crippen molar-refractivity contribution in [2.75, 3.05) is 0 Å². The Morgan fingerprint density at radius 1 is 0.733 bits per heavy atom. The maximum atomic E-state index is 5.47. The van der Waals surface area contributed by atoms with Crippen molar-refractivity contribution < 1.29 is 4.42 Å². The summed E-state index contributed by atoms with van der Waals surface area (Å²) in [6, 6.07) is 34.1. The predicted octanol–water partition coefficient (Wildman–Crippen LogP) is 8.76. The lowest BCUT2D eigenvalue weighted by molar-refractivity contribution is 0.574. The molecule has 0 saturated heterocycles. The first-order valence-electron chi connectivity index (χ1n) is 14.9. The number of nitrogens with zero attached hydrogens (tertiary/aromatic N) is 6. The van der Waals surface area contributed by atoms with Crippen molar-refractivity contribution in [2.45, 2.75) is 6.42 Å². The smallest absolute Gasteiger partial charge is 0.227 e. The molecule has 0 unspecified atom stereocenters. The first-order chi connectivity index (χ1) is 22.2. The van der Waals surface area contributed by atoms with Crippen molar-refractivity contribution in [3.05, 3.63) is 134 Å². The molecule has 5 heterocycles. The Kier molecular flexibility index (Phi) is 5.65. The fourth-order valence-corrected chi connectivity index (χ4v) is 6.49. The van der Waals surface area contributed by atoms with Crippen LogP contribution in [0.3, 0.4) is 0 Å². The van der Waals surface area contributed by atoms with Crippen LogP contribution in [0.25, 0.3) is 72.6 Å². The molecule has 0 aliphatic carbocycles. The van der Waals surface area contributed by atoms with E-state index in [-0.39, 0.29) is 0 Å². The molecule has 0 fully saturated rings. The fraction of sp³-hybridized carbons (Fsp3) is 0.0526. The molecule has 4 aromatic carbocycles. The quantitative estimate of drug-likeness (QED) is 0.203. The van der Waals surface area contributed by atoms with Crippen LogP contribution in [0.5, 0.6) is 0 Å². The predicted molar refractivity (Wildman–Crippen MR) is 180 cm³/mol. The molecule has 0 atom stereocenters. The lowest BCUT2D eigenvalue weighted by atomic mass is 10.0. The van der Waals surface area contributed by atoms with Gasteiger partial charge in [-0.1, -0.05) is 60.7 Å². The highest BCUT2D eigenvalue weighted by atomic mass is 16.3. The number of aromatic nitrogens is 5. The van der Waals surface area contributed by atoms with Crippen LogP contribution in [0.2, 0.25) is 0 Å². The highest BCUT2D eigenvalue weighted by Crippen LogP contribution is 2.38. The second kappa shape index (κ2) is 9.99. The average molecular weight is 583 g/mol. The SMILES string of the molecule is Cn1c(-c2ccc3c4ccccc4n(-c4cc(-c5ccc(-c6ncco6)cn5)ccc4C4=NC=CC4)c3c2)nc2ccccc21. The van der Waals surface area contributed by atoms with Gasteiger partial charge in [0.2, 0.25) is 5.89 Å². The molecule has 45 heavy (non-hydrogen) atoms. The summed E-state index contributed by atoms with van der Waals surface area (Å²) in [6.07, 6.45) is 9.81. The maximum Gasteiger partial charge on any atom is 0.227 e. The van der Waals surface area contributed by atoms with Gasteiger partial charge in [-0.15, -0.1) is 0 Å². The second-order valence-electron chi connectivity index (χ2n) is 11.2. The van der Waals surface area contributed by atoms with E-state index >= 15 is 0 Å². The second-order valence-corrected chi connectivity index (χ2v) is 11.2. The van der Waals surface area contributed by atoms with Crippen molar-refractivity contribution in [3.63, 3.8) is 0 Å². The van der Waals surface area contributed by atoms with E-state index in [4.69, 9.17) is 19.4 Å². The third-order valence-corrected chi connectivity index (χ3v) is 8.65. The van der Waals surface area contributed by atoms with Crippen LogP contribution in [0, 0.1) is 0 Å². The number of aryl methyl sites for hydroxylation is 1. The summed E-state index contributed by atoms with van der Waals surface area (Å²) in [7, 11) is 2.08. The van der Waals surface area contributed by atoms with E-state index in [2.05, 4.69) is 106 Å². The molecule has 4 aromatic heterocycles. The van der Waals surface area contributed by atoms with Crippen molar-refractivity contribution in [1.82, 2.24) is 24.1 Å². The minimum atomic E-state index is 0.554. The van der Waals surface area contributed by atoms with E-state index < -0.39 is 0 Å². The lowest BCUT2D eigenvalue weighted by Gasteiger charge is -2.16. The number of rotatable bonds is 5. The zero-order valence-electron chi connectivity index (χ0n) is 24.4. The Hall–Kier alpha value is -6.08. The minimum absolute atomic E-state index is 0.554. The third kappa shape index (κ3) is 4.05. The van der Waals surface area contributed by atoms with Gasteiger partial charge in [0.05, 0.1) is 50.9 Å². The van der Waals surface area contributed by atoms with Crippen LogP contribution in [0.15, 0.2) is 137 Å². The zero-order valence-corrected chi connectivity index (χ0v) is 24.4. The lowest BCUT2D eigenvalue weighted by Crippen LogP contribution is -2.06. The van der Waals surface area contributed by atoms with Crippen LogP contribution in [-0.2, 0) is 7.05 Å². The van der Waals surface area contributed by atoms with Crippen molar-refractivity contribution in [1.29, 1.82) is 0 Å². The molecule has 214 valence electrons. The molecule has 0 radical (unpaired) electrons. The molecule has 1 aliphatic rings. The zero-order chi connectivity index (χ0) is 29.9. The first-order valence-corrected chi connectivity index (χ1v) is 14.9. The summed E-state index contributed by atoms with van der Waals surface area (Å²) in [4.78, 5) is 18.8. The number of hydrogen-bond donors (Lipinski definition) is 0. The Balaban J connectivity index is 1.28. The molecule has 7 heteroatoms. The topological polar surface area (TPSA) is 74.0 Å². The maximum absolute atomic E-state index is 5.47. The number of benzene rings is 4. The number of imidazole rings is 1. The summed E-state index contributed by atoms with van der Waals surface area (Å²) in [5.74, 6) is 1.49. The largest absolute Gasteiger partial charge is 0.444 e. The van der Waals surface area contributed by atoms with Gasteiger partial charge in [0.1, 0.15) is 12.1 Å². The van der Waals surface area contributed by atoms with Crippen LogP contribution in [-0.4, -0.2) is 29.8 Å². The Morgan fingerprint density at radius 2 is 1.56 bits per heavy atom. The Bertz CT molecular complexity index is 2460. The monoisotopic (exact) mass is 582 g/mol. The average Bonchev–Trinajstić information content (AvgIpc) is 3.91. The number of aliphatic imine (C=N–C) groups is 1. The Morgan fingerprint density at radius 3 is 2.36 bits per heavy atom. The van der Waals surface area contributed by atoms with E-state index in [9.17, 15) is 0 Å². The molecule has 1 aliphatic heterocycles. The third-order valence-electron chi connectivity index (χ3n) is 8.65. The minimum Gasteiger partial charge on any atom is -0.444 e. The molecular weight excluding hydrogens is 556 g/mol. The summed E-state index contributed by atoms with van der Waals surface area (Å²) in [6.45, 7) is 0. The van der Waals surface area contributed by atoms with Gasteiger partial charge in [0.25, 0.3) is 0 Å². The van der Waals surface area contributed by atoms with Crippen LogP contribution >= 0.6 is 0 Å². The van der Waals surface area contributed by atoms with Gasteiger partial charge in [-0.05, 0) is 42.5 Å². The molecule has 0 spiro atoms. The summed E-state index contributed by atoms with van der Waals surface area (Å²) in [5.41, 5.74) is 11.3. The molecule has 7 nitrogen and oxygen atoms in total. The molecule has 8 aromatic rings. The van der Waals surface area contributed by atoms with Gasteiger partial charge < -0.3 is 13.6 Å². The van der Waals surface area contributed by atoms with E-state index in [0.29, 0.717) is 5.89 Å². The molecule has 0 amide bonds. The molecule has 0 saturated carbocycles. The van der Waals surface area contributed by atoms with Gasteiger partial charge in [-0.3, -0.25) is 9.98 Å². The van der Waals surface area contributed by atoms with Gasteiger partial charge in [0, 0.05) is 53.3 Å². The van der Waals surface area contributed by atoms with Crippen LogP contribution in [0.1, 0.15) is 12.0 Å². The highest BCUT2D eigenvalue weighted by Gasteiger charge is 2.20.